The number of amides is 1. The van der Waals surface area contributed by atoms with E-state index in [4.69, 9.17) is 14.6 Å². The Morgan fingerprint density at radius 3 is 2.95 bits per heavy atom. The topological polar surface area (TPSA) is 71.0 Å². The first-order valence-corrected chi connectivity index (χ1v) is 7.96. The smallest absolute Gasteiger partial charge is 0.233 e. The van der Waals surface area contributed by atoms with E-state index in [-0.39, 0.29) is 37.1 Å². The van der Waals surface area contributed by atoms with Gasteiger partial charge in [0.1, 0.15) is 5.37 Å². The van der Waals surface area contributed by atoms with Crippen LogP contribution in [-0.4, -0.2) is 54.7 Å². The quantitative estimate of drug-likeness (QED) is 0.749. The molecule has 0 saturated carbocycles. The number of thioether (sulfide) groups is 1. The van der Waals surface area contributed by atoms with E-state index in [9.17, 15) is 4.79 Å². The van der Waals surface area contributed by atoms with Crippen molar-refractivity contribution < 1.29 is 19.4 Å². The lowest BCUT2D eigenvalue weighted by Crippen LogP contribution is -2.35. The summed E-state index contributed by atoms with van der Waals surface area (Å²) >= 11 is 1.62. The number of fused-ring (bicyclic) bond motifs is 1. The standard InChI is InChI=1S/C14H18N2O4S.ClH/c17-6-4-15-3-5-16-13(18)8-21-14(16)10-1-2-11-12(7-10)20-9-19-11;/h1-2,7,14-15,17H,3-6,8-9H2;1H. The number of carbonyl (C=O) groups excluding carboxylic acids is 1. The maximum atomic E-state index is 12.0. The first-order chi connectivity index (χ1) is 10.3. The first kappa shape index (κ1) is 17.2. The van der Waals surface area contributed by atoms with Gasteiger partial charge in [-0.05, 0) is 17.7 Å². The zero-order valence-electron chi connectivity index (χ0n) is 12.0. The number of aliphatic hydroxyl groups is 1. The highest BCUT2D eigenvalue weighted by Crippen LogP contribution is 2.42. The highest BCUT2D eigenvalue weighted by atomic mass is 35.5. The van der Waals surface area contributed by atoms with Crippen LogP contribution in [0.5, 0.6) is 11.5 Å². The number of hydrogen-bond donors (Lipinski definition) is 2. The summed E-state index contributed by atoms with van der Waals surface area (Å²) in [6.07, 6.45) is 0. The van der Waals surface area contributed by atoms with Gasteiger partial charge in [-0.1, -0.05) is 6.07 Å². The van der Waals surface area contributed by atoms with Crippen LogP contribution in [0.3, 0.4) is 0 Å². The van der Waals surface area contributed by atoms with Gasteiger partial charge in [0, 0.05) is 19.6 Å². The molecule has 0 aromatic heterocycles. The fourth-order valence-corrected chi connectivity index (χ4v) is 3.65. The van der Waals surface area contributed by atoms with E-state index in [2.05, 4.69) is 5.32 Å². The molecule has 1 aromatic carbocycles. The Bertz CT molecular complexity index is 532. The molecule has 1 amide bonds. The largest absolute Gasteiger partial charge is 0.454 e. The van der Waals surface area contributed by atoms with Crippen LogP contribution in [0.2, 0.25) is 0 Å². The highest BCUT2D eigenvalue weighted by molar-refractivity contribution is 8.00. The van der Waals surface area contributed by atoms with Crippen molar-refractivity contribution in [1.82, 2.24) is 10.2 Å². The molecule has 1 unspecified atom stereocenters. The van der Waals surface area contributed by atoms with Crippen LogP contribution in [-0.2, 0) is 4.79 Å². The number of carbonyl (C=O) groups is 1. The number of hydrogen-bond acceptors (Lipinski definition) is 6. The van der Waals surface area contributed by atoms with Crippen LogP contribution in [0.25, 0.3) is 0 Å². The van der Waals surface area contributed by atoms with Crippen molar-refractivity contribution >= 4 is 30.1 Å². The molecule has 122 valence electrons. The zero-order chi connectivity index (χ0) is 14.7. The molecule has 1 saturated heterocycles. The van der Waals surface area contributed by atoms with Crippen LogP contribution in [0.4, 0.5) is 0 Å². The van der Waals surface area contributed by atoms with Crippen molar-refractivity contribution in [3.63, 3.8) is 0 Å². The van der Waals surface area contributed by atoms with Crippen molar-refractivity contribution in [3.8, 4) is 11.5 Å². The van der Waals surface area contributed by atoms with Gasteiger partial charge in [0.25, 0.3) is 0 Å². The number of rotatable bonds is 6. The Morgan fingerprint density at radius 2 is 2.14 bits per heavy atom. The normalized spacial score (nSPS) is 19.4. The van der Waals surface area contributed by atoms with E-state index < -0.39 is 0 Å². The van der Waals surface area contributed by atoms with Crippen molar-refractivity contribution in [2.75, 3.05) is 38.8 Å². The van der Waals surface area contributed by atoms with Gasteiger partial charge in [-0.2, -0.15) is 0 Å². The summed E-state index contributed by atoms with van der Waals surface area (Å²) < 4.78 is 10.7. The molecular formula is C14H19ClN2O4S. The number of nitrogens with one attached hydrogen (secondary N) is 1. The van der Waals surface area contributed by atoms with Gasteiger partial charge in [-0.15, -0.1) is 24.2 Å². The fraction of sp³-hybridized carbons (Fsp3) is 0.500. The van der Waals surface area contributed by atoms with Crippen molar-refractivity contribution in [1.29, 1.82) is 0 Å². The number of nitrogens with zero attached hydrogens (tertiary/aromatic N) is 1. The molecule has 2 aliphatic heterocycles. The molecule has 0 bridgehead atoms. The van der Waals surface area contributed by atoms with Crippen LogP contribution in [0, 0.1) is 0 Å². The van der Waals surface area contributed by atoms with Gasteiger partial charge < -0.3 is 24.8 Å². The summed E-state index contributed by atoms with van der Waals surface area (Å²) in [5.41, 5.74) is 1.05. The lowest BCUT2D eigenvalue weighted by Gasteiger charge is -2.24. The molecule has 1 atom stereocenters. The summed E-state index contributed by atoms with van der Waals surface area (Å²) in [7, 11) is 0. The monoisotopic (exact) mass is 346 g/mol. The third-order valence-corrected chi connectivity index (χ3v) is 4.72. The average molecular weight is 347 g/mol. The number of ether oxygens (including phenoxy) is 2. The zero-order valence-corrected chi connectivity index (χ0v) is 13.6. The Balaban J connectivity index is 0.00000176. The second-order valence-electron chi connectivity index (χ2n) is 4.84. The molecular weight excluding hydrogens is 328 g/mol. The number of aliphatic hydroxyl groups excluding tert-OH is 1. The van der Waals surface area contributed by atoms with E-state index in [0.717, 1.165) is 17.1 Å². The predicted octanol–water partition coefficient (Wildman–Crippen LogP) is 0.993. The lowest BCUT2D eigenvalue weighted by atomic mass is 10.2. The average Bonchev–Trinajstić information content (AvgIpc) is 3.09. The van der Waals surface area contributed by atoms with Crippen LogP contribution < -0.4 is 14.8 Å². The van der Waals surface area contributed by atoms with Crippen molar-refractivity contribution in [3.05, 3.63) is 23.8 Å². The van der Waals surface area contributed by atoms with E-state index in [0.29, 0.717) is 25.4 Å². The predicted molar refractivity (Wildman–Crippen MR) is 86.7 cm³/mol. The summed E-state index contributed by atoms with van der Waals surface area (Å²) in [5, 5.41) is 11.9. The fourth-order valence-electron chi connectivity index (χ4n) is 2.44. The molecule has 6 nitrogen and oxygen atoms in total. The summed E-state index contributed by atoms with van der Waals surface area (Å²) in [4.78, 5) is 13.9. The maximum Gasteiger partial charge on any atom is 0.233 e. The van der Waals surface area contributed by atoms with E-state index in [1.165, 1.54) is 0 Å². The van der Waals surface area contributed by atoms with Crippen LogP contribution >= 0.6 is 24.2 Å². The molecule has 1 aromatic rings. The third-order valence-electron chi connectivity index (χ3n) is 3.47. The van der Waals surface area contributed by atoms with Gasteiger partial charge in [0.15, 0.2) is 11.5 Å². The summed E-state index contributed by atoms with van der Waals surface area (Å²) in [6.45, 7) is 2.21. The molecule has 0 spiro atoms. The van der Waals surface area contributed by atoms with Crippen molar-refractivity contribution in [2.24, 2.45) is 0 Å². The van der Waals surface area contributed by atoms with Crippen LogP contribution in [0.15, 0.2) is 18.2 Å². The van der Waals surface area contributed by atoms with Gasteiger partial charge in [0.2, 0.25) is 12.7 Å². The summed E-state index contributed by atoms with van der Waals surface area (Å²) in [6, 6.07) is 5.83. The third kappa shape index (κ3) is 3.60. The molecule has 2 N–H and O–H groups in total. The van der Waals surface area contributed by atoms with E-state index in [1.54, 1.807) is 11.8 Å². The lowest BCUT2D eigenvalue weighted by molar-refractivity contribution is -0.128. The van der Waals surface area contributed by atoms with E-state index >= 15 is 0 Å². The Hall–Kier alpha value is -1.15. The van der Waals surface area contributed by atoms with Crippen LogP contribution in [0.1, 0.15) is 10.9 Å². The minimum Gasteiger partial charge on any atom is -0.454 e. The minimum absolute atomic E-state index is 0. The molecule has 0 radical (unpaired) electrons. The molecule has 3 rings (SSSR count). The molecule has 0 aliphatic carbocycles. The van der Waals surface area contributed by atoms with E-state index in [1.807, 2.05) is 23.1 Å². The molecule has 2 aliphatic rings. The molecule has 22 heavy (non-hydrogen) atoms. The van der Waals surface area contributed by atoms with Gasteiger partial charge >= 0.3 is 0 Å². The van der Waals surface area contributed by atoms with Crippen molar-refractivity contribution in [2.45, 2.75) is 5.37 Å². The Kier molecular flexibility index (Phi) is 6.19. The Morgan fingerprint density at radius 1 is 1.32 bits per heavy atom. The van der Waals surface area contributed by atoms with Gasteiger partial charge in [-0.25, -0.2) is 0 Å². The van der Waals surface area contributed by atoms with Gasteiger partial charge in [-0.3, -0.25) is 4.79 Å². The summed E-state index contributed by atoms with van der Waals surface area (Å²) in [5.74, 6) is 2.14. The van der Waals surface area contributed by atoms with Gasteiger partial charge in [0.05, 0.1) is 12.4 Å². The Labute approximate surface area is 139 Å². The first-order valence-electron chi connectivity index (χ1n) is 6.92. The number of benzene rings is 1. The maximum absolute atomic E-state index is 12.0. The second kappa shape index (κ2) is 7.92. The highest BCUT2D eigenvalue weighted by Gasteiger charge is 2.33. The SMILES string of the molecule is Cl.O=C1CSC(c2ccc3c(c2)OCO3)N1CCNCCO. The molecule has 8 heteroatoms. The minimum atomic E-state index is 0. The number of halogens is 1. The molecule has 1 fully saturated rings. The molecule has 2 heterocycles. The second-order valence-corrected chi connectivity index (χ2v) is 5.91.